The molecule has 2 heterocycles. The maximum absolute atomic E-state index is 11.9. The molecule has 0 unspecified atom stereocenters. The Morgan fingerprint density at radius 2 is 2.11 bits per heavy atom. The van der Waals surface area contributed by atoms with E-state index < -0.39 is 0 Å². The molecule has 0 fully saturated rings. The van der Waals surface area contributed by atoms with Crippen molar-refractivity contribution >= 4 is 11.9 Å². The third-order valence-electron chi connectivity index (χ3n) is 2.53. The summed E-state index contributed by atoms with van der Waals surface area (Å²) in [5.41, 5.74) is 0.496. The molecule has 1 aliphatic rings. The number of imidazole rings is 1. The fourth-order valence-corrected chi connectivity index (χ4v) is 1.70. The highest BCUT2D eigenvalue weighted by molar-refractivity contribution is 6.03. The molecule has 0 saturated carbocycles. The van der Waals surface area contributed by atoms with E-state index in [4.69, 9.17) is 9.47 Å². The maximum atomic E-state index is 11.9. The van der Waals surface area contributed by atoms with Gasteiger partial charge in [0.25, 0.3) is 5.91 Å². The van der Waals surface area contributed by atoms with Crippen LogP contribution in [0.5, 0.6) is 11.5 Å². The number of anilines is 1. The van der Waals surface area contributed by atoms with Crippen LogP contribution in [0.4, 0.5) is 5.95 Å². The first-order valence-corrected chi connectivity index (χ1v) is 5.53. The molecule has 1 aromatic carbocycles. The molecule has 0 radical (unpaired) electrons. The van der Waals surface area contributed by atoms with Gasteiger partial charge in [-0.2, -0.15) is 0 Å². The molecular formula is C12H11N3O3. The predicted octanol–water partition coefficient (Wildman–Crippen LogP) is 1.43. The van der Waals surface area contributed by atoms with Crippen LogP contribution in [0.15, 0.2) is 30.6 Å². The number of carbonyl (C=O) groups is 1. The number of fused-ring (bicyclic) bond motifs is 1. The van der Waals surface area contributed by atoms with E-state index in [1.807, 2.05) is 0 Å². The zero-order chi connectivity index (χ0) is 12.4. The molecule has 6 heteroatoms. The van der Waals surface area contributed by atoms with Crippen LogP contribution in [0.2, 0.25) is 0 Å². The van der Waals surface area contributed by atoms with Crippen molar-refractivity contribution in [3.8, 4) is 11.5 Å². The van der Waals surface area contributed by atoms with Crippen LogP contribution in [-0.4, -0.2) is 29.1 Å². The summed E-state index contributed by atoms with van der Waals surface area (Å²) in [6.07, 6.45) is 3.21. The number of hydrogen-bond acceptors (Lipinski definition) is 4. The van der Waals surface area contributed by atoms with Gasteiger partial charge in [-0.05, 0) is 18.2 Å². The summed E-state index contributed by atoms with van der Waals surface area (Å²) in [5, 5.41) is 2.64. The molecule has 0 aliphatic carbocycles. The second-order valence-electron chi connectivity index (χ2n) is 3.75. The van der Waals surface area contributed by atoms with Gasteiger partial charge >= 0.3 is 0 Å². The van der Waals surface area contributed by atoms with Crippen LogP contribution in [0, 0.1) is 0 Å². The van der Waals surface area contributed by atoms with E-state index in [0.717, 1.165) is 0 Å². The molecule has 3 rings (SSSR count). The largest absolute Gasteiger partial charge is 0.486 e. The molecule has 0 spiro atoms. The molecule has 1 amide bonds. The molecule has 2 N–H and O–H groups in total. The molecule has 92 valence electrons. The number of H-pyrrole nitrogens is 1. The minimum Gasteiger partial charge on any atom is -0.486 e. The Bertz CT molecular complexity index is 566. The number of carbonyl (C=O) groups excluding carboxylic acids is 1. The maximum Gasteiger partial charge on any atom is 0.258 e. The molecule has 1 aliphatic heterocycles. The zero-order valence-electron chi connectivity index (χ0n) is 9.47. The van der Waals surface area contributed by atoms with Crippen LogP contribution in [0.1, 0.15) is 10.4 Å². The zero-order valence-corrected chi connectivity index (χ0v) is 9.47. The fourth-order valence-electron chi connectivity index (χ4n) is 1.70. The van der Waals surface area contributed by atoms with E-state index >= 15 is 0 Å². The standard InChI is InChI=1S/C12H11N3O3/c16-11(15-12-13-3-4-14-12)8-1-2-9-10(7-8)18-6-5-17-9/h1-4,7H,5-6H2,(H2,13,14,15,16). The summed E-state index contributed by atoms with van der Waals surface area (Å²) < 4.78 is 10.8. The van der Waals surface area contributed by atoms with Crippen molar-refractivity contribution in [2.24, 2.45) is 0 Å². The summed E-state index contributed by atoms with van der Waals surface area (Å²) in [6.45, 7) is 1.03. The van der Waals surface area contributed by atoms with Gasteiger partial charge in [0.2, 0.25) is 5.95 Å². The first-order valence-electron chi connectivity index (χ1n) is 5.53. The van der Waals surface area contributed by atoms with Crippen molar-refractivity contribution in [1.29, 1.82) is 0 Å². The van der Waals surface area contributed by atoms with Crippen molar-refractivity contribution < 1.29 is 14.3 Å². The van der Waals surface area contributed by atoms with E-state index in [9.17, 15) is 4.79 Å². The van der Waals surface area contributed by atoms with Crippen molar-refractivity contribution in [3.63, 3.8) is 0 Å². The van der Waals surface area contributed by atoms with E-state index in [2.05, 4.69) is 15.3 Å². The Morgan fingerprint density at radius 1 is 1.28 bits per heavy atom. The fraction of sp³-hybridized carbons (Fsp3) is 0.167. The summed E-state index contributed by atoms with van der Waals surface area (Å²) in [6, 6.07) is 5.07. The minimum atomic E-state index is -0.248. The number of nitrogens with zero attached hydrogens (tertiary/aromatic N) is 1. The number of hydrogen-bond donors (Lipinski definition) is 2. The number of benzene rings is 1. The Labute approximate surface area is 103 Å². The first kappa shape index (κ1) is 10.6. The summed E-state index contributed by atoms with van der Waals surface area (Å²) >= 11 is 0. The van der Waals surface area contributed by atoms with Gasteiger partial charge in [0.1, 0.15) is 13.2 Å². The summed E-state index contributed by atoms with van der Waals surface area (Å²) in [7, 11) is 0. The van der Waals surface area contributed by atoms with Gasteiger partial charge in [-0.25, -0.2) is 4.98 Å². The lowest BCUT2D eigenvalue weighted by molar-refractivity contribution is 0.102. The molecule has 0 bridgehead atoms. The number of amides is 1. The summed E-state index contributed by atoms with van der Waals surface area (Å²) in [4.78, 5) is 18.7. The number of aromatic amines is 1. The van der Waals surface area contributed by atoms with Crippen molar-refractivity contribution in [3.05, 3.63) is 36.2 Å². The van der Waals surface area contributed by atoms with Gasteiger partial charge in [-0.3, -0.25) is 10.1 Å². The van der Waals surface area contributed by atoms with Crippen LogP contribution >= 0.6 is 0 Å². The van der Waals surface area contributed by atoms with E-state index in [1.165, 1.54) is 0 Å². The Morgan fingerprint density at radius 3 is 2.89 bits per heavy atom. The topological polar surface area (TPSA) is 76.2 Å². The third kappa shape index (κ3) is 2.00. The van der Waals surface area contributed by atoms with Gasteiger partial charge in [0, 0.05) is 18.0 Å². The number of ether oxygens (including phenoxy) is 2. The lowest BCUT2D eigenvalue weighted by atomic mass is 10.2. The number of aromatic nitrogens is 2. The number of rotatable bonds is 2. The Hall–Kier alpha value is -2.50. The Balaban J connectivity index is 1.81. The molecule has 18 heavy (non-hydrogen) atoms. The first-order chi connectivity index (χ1) is 8.83. The van der Waals surface area contributed by atoms with Crippen LogP contribution in [-0.2, 0) is 0 Å². The molecule has 0 saturated heterocycles. The van der Waals surface area contributed by atoms with Gasteiger partial charge in [-0.15, -0.1) is 0 Å². The third-order valence-corrected chi connectivity index (χ3v) is 2.53. The van der Waals surface area contributed by atoms with Gasteiger partial charge in [-0.1, -0.05) is 0 Å². The Kier molecular flexibility index (Phi) is 2.60. The summed E-state index contributed by atoms with van der Waals surface area (Å²) in [5.74, 6) is 1.42. The second-order valence-corrected chi connectivity index (χ2v) is 3.75. The smallest absolute Gasteiger partial charge is 0.258 e. The van der Waals surface area contributed by atoms with Crippen molar-refractivity contribution in [2.75, 3.05) is 18.5 Å². The lowest BCUT2D eigenvalue weighted by Gasteiger charge is -2.18. The van der Waals surface area contributed by atoms with E-state index in [0.29, 0.717) is 36.2 Å². The van der Waals surface area contributed by atoms with Crippen LogP contribution in [0.3, 0.4) is 0 Å². The number of nitrogens with one attached hydrogen (secondary N) is 2. The average Bonchev–Trinajstić information content (AvgIpc) is 2.91. The van der Waals surface area contributed by atoms with E-state index in [-0.39, 0.29) is 5.91 Å². The quantitative estimate of drug-likeness (QED) is 0.839. The van der Waals surface area contributed by atoms with Gasteiger partial charge in [0.05, 0.1) is 0 Å². The molecule has 6 nitrogen and oxygen atoms in total. The molecular weight excluding hydrogens is 234 g/mol. The highest BCUT2D eigenvalue weighted by atomic mass is 16.6. The molecule has 2 aromatic rings. The predicted molar refractivity (Wildman–Crippen MR) is 64.0 cm³/mol. The molecule has 0 atom stereocenters. The van der Waals surface area contributed by atoms with Crippen molar-refractivity contribution in [2.45, 2.75) is 0 Å². The normalized spacial score (nSPS) is 13.1. The average molecular weight is 245 g/mol. The van der Waals surface area contributed by atoms with Crippen LogP contribution < -0.4 is 14.8 Å². The monoisotopic (exact) mass is 245 g/mol. The van der Waals surface area contributed by atoms with Crippen LogP contribution in [0.25, 0.3) is 0 Å². The van der Waals surface area contributed by atoms with Gasteiger partial charge < -0.3 is 14.5 Å². The second kappa shape index (κ2) is 4.40. The van der Waals surface area contributed by atoms with Crippen molar-refractivity contribution in [1.82, 2.24) is 9.97 Å². The van der Waals surface area contributed by atoms with E-state index in [1.54, 1.807) is 30.6 Å². The highest BCUT2D eigenvalue weighted by Crippen LogP contribution is 2.30. The lowest BCUT2D eigenvalue weighted by Crippen LogP contribution is -2.17. The van der Waals surface area contributed by atoms with Gasteiger partial charge in [0.15, 0.2) is 11.5 Å². The highest BCUT2D eigenvalue weighted by Gasteiger charge is 2.15. The molecule has 1 aromatic heterocycles. The SMILES string of the molecule is O=C(Nc1ncc[nH]1)c1ccc2c(c1)OCCO2. The minimum absolute atomic E-state index is 0.248.